The second kappa shape index (κ2) is 6.30. The Morgan fingerprint density at radius 2 is 2.25 bits per heavy atom. The Balaban J connectivity index is 2.58. The molecule has 1 aliphatic carbocycles. The smallest absolute Gasteiger partial charge is 0.328 e. The molecule has 0 aromatic heterocycles. The van der Waals surface area contributed by atoms with Crippen LogP contribution in [0.5, 0.6) is 0 Å². The van der Waals surface area contributed by atoms with Crippen LogP contribution in [-0.4, -0.2) is 25.0 Å². The normalized spacial score (nSPS) is 17.2. The highest BCUT2D eigenvalue weighted by Gasteiger charge is 2.21. The van der Waals surface area contributed by atoms with Crippen molar-refractivity contribution in [1.82, 2.24) is 5.32 Å². The van der Waals surface area contributed by atoms with E-state index in [4.69, 9.17) is 0 Å². The standard InChI is InChI=1S/C12H19NO3/c1-9(14)13-11(12(15)16-2)8-10-6-4-3-5-7-10/h6,11H,3-5,7-8H2,1-2H3,(H,13,14)/t11-/m0/s1. The largest absolute Gasteiger partial charge is 0.467 e. The summed E-state index contributed by atoms with van der Waals surface area (Å²) in [5.74, 6) is -0.575. The molecule has 1 amide bonds. The maximum Gasteiger partial charge on any atom is 0.328 e. The first-order valence-electron chi connectivity index (χ1n) is 5.66. The van der Waals surface area contributed by atoms with Crippen molar-refractivity contribution in [3.05, 3.63) is 11.6 Å². The van der Waals surface area contributed by atoms with Gasteiger partial charge in [0.1, 0.15) is 6.04 Å². The molecule has 4 nitrogen and oxygen atoms in total. The summed E-state index contributed by atoms with van der Waals surface area (Å²) in [6, 6.07) is -0.535. The number of methoxy groups -OCH3 is 1. The molecule has 4 heteroatoms. The van der Waals surface area contributed by atoms with E-state index in [1.54, 1.807) is 0 Å². The van der Waals surface area contributed by atoms with Gasteiger partial charge >= 0.3 is 5.97 Å². The van der Waals surface area contributed by atoms with Gasteiger partial charge in [0.25, 0.3) is 0 Å². The zero-order valence-electron chi connectivity index (χ0n) is 9.91. The molecule has 16 heavy (non-hydrogen) atoms. The van der Waals surface area contributed by atoms with Crippen LogP contribution in [0.1, 0.15) is 39.0 Å². The average Bonchev–Trinajstić information content (AvgIpc) is 2.28. The van der Waals surface area contributed by atoms with Crippen molar-refractivity contribution in [3.63, 3.8) is 0 Å². The third-order valence-electron chi connectivity index (χ3n) is 2.71. The molecule has 0 spiro atoms. The number of hydrogen-bond acceptors (Lipinski definition) is 3. The lowest BCUT2D eigenvalue weighted by molar-refractivity contribution is -0.144. The van der Waals surface area contributed by atoms with E-state index in [0.717, 1.165) is 12.8 Å². The Morgan fingerprint density at radius 1 is 1.50 bits per heavy atom. The third kappa shape index (κ3) is 4.04. The summed E-state index contributed by atoms with van der Waals surface area (Å²) < 4.78 is 4.67. The minimum absolute atomic E-state index is 0.202. The zero-order chi connectivity index (χ0) is 12.0. The lowest BCUT2D eigenvalue weighted by atomic mass is 9.94. The summed E-state index contributed by atoms with van der Waals surface area (Å²) in [6.45, 7) is 1.41. The van der Waals surface area contributed by atoms with Crippen LogP contribution in [0.4, 0.5) is 0 Å². The van der Waals surface area contributed by atoms with Gasteiger partial charge in [0, 0.05) is 6.92 Å². The third-order valence-corrected chi connectivity index (χ3v) is 2.71. The highest BCUT2D eigenvalue weighted by atomic mass is 16.5. The van der Waals surface area contributed by atoms with E-state index >= 15 is 0 Å². The number of carbonyl (C=O) groups is 2. The maximum absolute atomic E-state index is 11.5. The van der Waals surface area contributed by atoms with Gasteiger partial charge in [-0.05, 0) is 32.1 Å². The first kappa shape index (κ1) is 12.7. The molecular weight excluding hydrogens is 206 g/mol. The molecule has 0 aromatic rings. The lowest BCUT2D eigenvalue weighted by Crippen LogP contribution is -2.40. The Bertz CT molecular complexity index is 297. The van der Waals surface area contributed by atoms with E-state index in [-0.39, 0.29) is 11.9 Å². The number of carbonyl (C=O) groups excluding carboxylic acids is 2. The van der Waals surface area contributed by atoms with Crippen LogP contribution in [0.3, 0.4) is 0 Å². The van der Waals surface area contributed by atoms with Crippen LogP contribution in [0.15, 0.2) is 11.6 Å². The SMILES string of the molecule is COC(=O)[C@H](CC1=CCCCC1)NC(C)=O. The first-order valence-corrected chi connectivity index (χ1v) is 5.66. The quantitative estimate of drug-likeness (QED) is 0.583. The van der Waals surface area contributed by atoms with Gasteiger partial charge in [0.2, 0.25) is 5.91 Å². The van der Waals surface area contributed by atoms with Crippen molar-refractivity contribution in [1.29, 1.82) is 0 Å². The molecule has 0 unspecified atom stereocenters. The van der Waals surface area contributed by atoms with Crippen LogP contribution >= 0.6 is 0 Å². The van der Waals surface area contributed by atoms with Gasteiger partial charge in [-0.15, -0.1) is 0 Å². The molecule has 0 bridgehead atoms. The minimum Gasteiger partial charge on any atom is -0.467 e. The van der Waals surface area contributed by atoms with Crippen LogP contribution in [0.25, 0.3) is 0 Å². The summed E-state index contributed by atoms with van der Waals surface area (Å²) >= 11 is 0. The highest BCUT2D eigenvalue weighted by molar-refractivity contribution is 5.83. The molecule has 1 aliphatic rings. The number of allylic oxidation sites excluding steroid dienone is 1. The number of hydrogen-bond donors (Lipinski definition) is 1. The second-order valence-corrected chi connectivity index (χ2v) is 4.09. The number of ether oxygens (including phenoxy) is 1. The molecule has 0 saturated carbocycles. The van der Waals surface area contributed by atoms with Gasteiger partial charge in [-0.1, -0.05) is 11.6 Å². The summed E-state index contributed by atoms with van der Waals surface area (Å²) in [5, 5.41) is 2.62. The monoisotopic (exact) mass is 225 g/mol. The summed E-state index contributed by atoms with van der Waals surface area (Å²) in [4.78, 5) is 22.4. The van der Waals surface area contributed by atoms with Gasteiger partial charge in [0.15, 0.2) is 0 Å². The topological polar surface area (TPSA) is 55.4 Å². The molecule has 1 rings (SSSR count). The van der Waals surface area contributed by atoms with E-state index < -0.39 is 6.04 Å². The van der Waals surface area contributed by atoms with Crippen molar-refractivity contribution < 1.29 is 14.3 Å². The van der Waals surface area contributed by atoms with Gasteiger partial charge < -0.3 is 10.1 Å². The average molecular weight is 225 g/mol. The fraction of sp³-hybridized carbons (Fsp3) is 0.667. The van der Waals surface area contributed by atoms with Crippen LogP contribution < -0.4 is 5.32 Å². The van der Waals surface area contributed by atoms with Crippen molar-refractivity contribution in [3.8, 4) is 0 Å². The lowest BCUT2D eigenvalue weighted by Gasteiger charge is -2.19. The van der Waals surface area contributed by atoms with Gasteiger partial charge in [-0.2, -0.15) is 0 Å². The molecular formula is C12H19NO3. The van der Waals surface area contributed by atoms with Gasteiger partial charge in [0.05, 0.1) is 7.11 Å². The van der Waals surface area contributed by atoms with E-state index in [1.165, 1.54) is 32.4 Å². The van der Waals surface area contributed by atoms with Crippen LogP contribution in [0, 0.1) is 0 Å². The second-order valence-electron chi connectivity index (χ2n) is 4.09. The summed E-state index contributed by atoms with van der Waals surface area (Å²) in [5.41, 5.74) is 1.25. The zero-order valence-corrected chi connectivity index (χ0v) is 9.91. The molecule has 0 heterocycles. The highest BCUT2D eigenvalue weighted by Crippen LogP contribution is 2.21. The minimum atomic E-state index is -0.535. The fourth-order valence-corrected chi connectivity index (χ4v) is 1.93. The van der Waals surface area contributed by atoms with Gasteiger partial charge in [-0.3, -0.25) is 4.79 Å². The number of amides is 1. The Labute approximate surface area is 96.0 Å². The van der Waals surface area contributed by atoms with Crippen molar-refractivity contribution in [2.24, 2.45) is 0 Å². The van der Waals surface area contributed by atoms with Crippen molar-refractivity contribution in [2.45, 2.75) is 45.1 Å². The maximum atomic E-state index is 11.5. The summed E-state index contributed by atoms with van der Waals surface area (Å²) in [7, 11) is 1.34. The van der Waals surface area contributed by atoms with Crippen LogP contribution in [0.2, 0.25) is 0 Å². The molecule has 0 aliphatic heterocycles. The van der Waals surface area contributed by atoms with Gasteiger partial charge in [-0.25, -0.2) is 4.79 Å². The van der Waals surface area contributed by atoms with E-state index in [2.05, 4.69) is 16.1 Å². The Morgan fingerprint density at radius 3 is 2.75 bits per heavy atom. The van der Waals surface area contributed by atoms with E-state index in [9.17, 15) is 9.59 Å². The molecule has 1 N–H and O–H groups in total. The number of rotatable bonds is 4. The molecule has 0 saturated heterocycles. The molecule has 0 aromatic carbocycles. The molecule has 0 fully saturated rings. The number of nitrogens with one attached hydrogen (secondary N) is 1. The molecule has 90 valence electrons. The predicted octanol–water partition coefficient (Wildman–Crippen LogP) is 1.55. The summed E-state index contributed by atoms with van der Waals surface area (Å²) in [6.07, 6.45) is 7.22. The Hall–Kier alpha value is -1.32. The van der Waals surface area contributed by atoms with Crippen molar-refractivity contribution in [2.75, 3.05) is 7.11 Å². The number of esters is 1. The van der Waals surface area contributed by atoms with Crippen LogP contribution in [-0.2, 0) is 14.3 Å². The van der Waals surface area contributed by atoms with Crippen molar-refractivity contribution >= 4 is 11.9 Å². The molecule has 0 radical (unpaired) electrons. The van der Waals surface area contributed by atoms with E-state index in [1.807, 2.05) is 0 Å². The fourth-order valence-electron chi connectivity index (χ4n) is 1.93. The Kier molecular flexibility index (Phi) is 5.02. The molecule has 1 atom stereocenters. The van der Waals surface area contributed by atoms with E-state index in [0.29, 0.717) is 6.42 Å². The predicted molar refractivity (Wildman–Crippen MR) is 60.8 cm³/mol. The first-order chi connectivity index (χ1) is 7.63.